The number of hydrogen-bond acceptors (Lipinski definition) is 5. The Morgan fingerprint density at radius 3 is 2.45 bits per heavy atom. The zero-order chi connectivity index (χ0) is 34.8. The molecule has 0 aromatic heterocycles. The largest absolute Gasteiger partial charge is 0.444 e. The van der Waals surface area contributed by atoms with E-state index in [1.54, 1.807) is 45.0 Å². The molecule has 1 fully saturated rings. The van der Waals surface area contributed by atoms with Crippen molar-refractivity contribution in [3.63, 3.8) is 0 Å². The molecule has 47 heavy (non-hydrogen) atoms. The highest BCUT2D eigenvalue weighted by atomic mass is 19.2. The molecule has 0 aliphatic carbocycles. The third-order valence-electron chi connectivity index (χ3n) is 8.43. The number of carbonyl (C=O) groups excluding carboxylic acids is 4. The number of nitrogens with zero attached hydrogens (tertiary/aromatic N) is 3. The maximum atomic E-state index is 14.6. The molecule has 13 heteroatoms. The van der Waals surface area contributed by atoms with Gasteiger partial charge in [-0.15, -0.1) is 0 Å². The van der Waals surface area contributed by atoms with Gasteiger partial charge in [-0.3, -0.25) is 24.1 Å². The number of halogens is 3. The smallest absolute Gasteiger partial charge is 0.407 e. The van der Waals surface area contributed by atoms with Crippen molar-refractivity contribution in [3.05, 3.63) is 76.4 Å². The Labute approximate surface area is 272 Å². The van der Waals surface area contributed by atoms with E-state index in [1.807, 2.05) is 13.8 Å². The standard InChI is InChI=1S/C34H40F3N5O5/c1-19(2)12-27(30(44)42-18-34(17-28(42)38-6)22-10-8-9-11-26(22)40-31(34)45)41(7)29(43)15-21(39-32(46)47-33(3,4)5)13-20-14-24(36)25(37)16-23(20)35/h8-11,14,16,19,21,27-28H,12-13,15,17-18H2,1-5,7H3,(H,39,46)(H,40,45)/t21-,27+,28+,34+/m1/s1. The van der Waals surface area contributed by atoms with E-state index in [2.05, 4.69) is 15.5 Å². The van der Waals surface area contributed by atoms with Crippen LogP contribution in [0.3, 0.4) is 0 Å². The number of benzene rings is 2. The van der Waals surface area contributed by atoms with E-state index in [0.717, 1.165) is 0 Å². The van der Waals surface area contributed by atoms with Gasteiger partial charge in [0.15, 0.2) is 11.6 Å². The first kappa shape index (κ1) is 35.3. The first-order valence-electron chi connectivity index (χ1n) is 15.4. The molecule has 0 saturated carbocycles. The topological polar surface area (TPSA) is 112 Å². The van der Waals surface area contributed by atoms with Gasteiger partial charge in [0.2, 0.25) is 11.8 Å². The number of ether oxygens (including phenoxy) is 1. The van der Waals surface area contributed by atoms with Gasteiger partial charge in [-0.2, -0.15) is 0 Å². The molecule has 4 rings (SSSR count). The van der Waals surface area contributed by atoms with Gasteiger partial charge >= 0.3 is 12.3 Å². The second kappa shape index (κ2) is 13.6. The second-order valence-corrected chi connectivity index (χ2v) is 13.6. The minimum absolute atomic E-state index is 0.0451. The van der Waals surface area contributed by atoms with Crippen molar-refractivity contribution in [2.24, 2.45) is 5.92 Å². The Balaban J connectivity index is 1.59. The summed E-state index contributed by atoms with van der Waals surface area (Å²) in [4.78, 5) is 60.2. The number of likely N-dealkylation sites (N-methyl/N-ethyl adjacent to an activating group) is 1. The fourth-order valence-electron chi connectivity index (χ4n) is 6.18. The maximum absolute atomic E-state index is 14.6. The average molecular weight is 656 g/mol. The third kappa shape index (κ3) is 7.69. The van der Waals surface area contributed by atoms with Crippen LogP contribution in [0.2, 0.25) is 0 Å². The van der Waals surface area contributed by atoms with Gasteiger partial charge in [-0.1, -0.05) is 32.0 Å². The van der Waals surface area contributed by atoms with Crippen LogP contribution >= 0.6 is 0 Å². The van der Waals surface area contributed by atoms with E-state index in [4.69, 9.17) is 11.3 Å². The number of nitrogens with one attached hydrogen (secondary N) is 2. The van der Waals surface area contributed by atoms with Crippen LogP contribution in [0, 0.1) is 29.9 Å². The number of carbonyl (C=O) groups is 4. The van der Waals surface area contributed by atoms with Crippen LogP contribution in [-0.4, -0.2) is 71.1 Å². The van der Waals surface area contributed by atoms with Crippen LogP contribution < -0.4 is 10.6 Å². The molecule has 2 aromatic rings. The summed E-state index contributed by atoms with van der Waals surface area (Å²) in [6, 6.07) is 6.03. The molecule has 4 atom stereocenters. The van der Waals surface area contributed by atoms with Crippen molar-refractivity contribution < 1.29 is 37.1 Å². The van der Waals surface area contributed by atoms with Crippen LogP contribution in [0.4, 0.5) is 23.7 Å². The number of anilines is 1. The normalized spacial score (nSPS) is 20.0. The lowest BCUT2D eigenvalue weighted by molar-refractivity contribution is -0.145. The fourth-order valence-corrected chi connectivity index (χ4v) is 6.18. The third-order valence-corrected chi connectivity index (χ3v) is 8.43. The molecule has 1 saturated heterocycles. The molecule has 2 aromatic carbocycles. The van der Waals surface area contributed by atoms with Crippen molar-refractivity contribution in [2.75, 3.05) is 18.9 Å². The van der Waals surface area contributed by atoms with E-state index in [0.29, 0.717) is 23.4 Å². The Kier molecular flexibility index (Phi) is 10.2. The van der Waals surface area contributed by atoms with E-state index < -0.39 is 71.0 Å². The number of alkyl carbamates (subject to hydrolysis) is 1. The minimum atomic E-state index is -1.38. The van der Waals surface area contributed by atoms with Gasteiger partial charge in [0.05, 0.1) is 6.42 Å². The van der Waals surface area contributed by atoms with Crippen LogP contribution in [0.25, 0.3) is 4.85 Å². The van der Waals surface area contributed by atoms with Gasteiger partial charge in [0, 0.05) is 37.8 Å². The maximum Gasteiger partial charge on any atom is 0.407 e. The number of amides is 4. The lowest BCUT2D eigenvalue weighted by Crippen LogP contribution is -2.53. The molecule has 2 aliphatic rings. The van der Waals surface area contributed by atoms with Gasteiger partial charge in [-0.25, -0.2) is 24.5 Å². The van der Waals surface area contributed by atoms with Crippen molar-refractivity contribution >= 4 is 29.5 Å². The highest BCUT2D eigenvalue weighted by Gasteiger charge is 2.59. The first-order valence-corrected chi connectivity index (χ1v) is 15.4. The molecule has 252 valence electrons. The SMILES string of the molecule is [C-]#[N+][C@@H]1C[C@@]2(CN1C(=O)[C@H](CC(C)C)N(C)C(=O)C[C@@H](Cc1cc(F)c(F)cc1F)NC(=O)OC(C)(C)C)C(=O)Nc1ccccc12. The summed E-state index contributed by atoms with van der Waals surface area (Å²) in [5.41, 5.74) is -0.946. The lowest BCUT2D eigenvalue weighted by Gasteiger charge is -2.33. The minimum Gasteiger partial charge on any atom is -0.444 e. The van der Waals surface area contributed by atoms with Crippen molar-refractivity contribution in [3.8, 4) is 0 Å². The highest BCUT2D eigenvalue weighted by molar-refractivity contribution is 6.07. The van der Waals surface area contributed by atoms with Crippen LogP contribution in [0.1, 0.15) is 65.0 Å². The summed E-state index contributed by atoms with van der Waals surface area (Å²) >= 11 is 0. The van der Waals surface area contributed by atoms with Gasteiger partial charge in [-0.05, 0) is 62.8 Å². The van der Waals surface area contributed by atoms with Gasteiger partial charge < -0.3 is 20.3 Å². The molecular weight excluding hydrogens is 615 g/mol. The molecule has 4 amide bonds. The molecule has 2 N–H and O–H groups in total. The first-order chi connectivity index (χ1) is 22.0. The van der Waals surface area contributed by atoms with Crippen LogP contribution in [0.15, 0.2) is 36.4 Å². The Morgan fingerprint density at radius 2 is 1.81 bits per heavy atom. The average Bonchev–Trinajstić information content (AvgIpc) is 3.50. The molecule has 0 bridgehead atoms. The summed E-state index contributed by atoms with van der Waals surface area (Å²) in [6.45, 7) is 16.4. The van der Waals surface area contributed by atoms with E-state index in [9.17, 15) is 32.3 Å². The fraction of sp³-hybridized carbons (Fsp3) is 0.500. The van der Waals surface area contributed by atoms with Crippen LogP contribution in [-0.2, 0) is 31.0 Å². The summed E-state index contributed by atoms with van der Waals surface area (Å²) in [5.74, 6) is -5.21. The predicted molar refractivity (Wildman–Crippen MR) is 167 cm³/mol. The number of likely N-dealkylation sites (tertiary alicyclic amines) is 1. The molecule has 0 unspecified atom stereocenters. The van der Waals surface area contributed by atoms with Gasteiger partial charge in [0.1, 0.15) is 22.9 Å². The summed E-state index contributed by atoms with van der Waals surface area (Å²) in [5, 5.41) is 5.38. The zero-order valence-electron chi connectivity index (χ0n) is 27.3. The lowest BCUT2D eigenvalue weighted by atomic mass is 9.80. The van der Waals surface area contributed by atoms with Gasteiger partial charge in [0.25, 0.3) is 5.91 Å². The number of para-hydroxylation sites is 1. The quantitative estimate of drug-likeness (QED) is 0.286. The Bertz CT molecular complexity index is 1600. The Hall–Kier alpha value is -4.60. The zero-order valence-corrected chi connectivity index (χ0v) is 27.3. The summed E-state index contributed by atoms with van der Waals surface area (Å²) in [6.07, 6.45) is -2.36. The molecule has 0 radical (unpaired) electrons. The second-order valence-electron chi connectivity index (χ2n) is 13.6. The number of hydrogen-bond donors (Lipinski definition) is 2. The van der Waals surface area contributed by atoms with Crippen molar-refractivity contribution in [2.45, 2.75) is 89.6 Å². The summed E-state index contributed by atoms with van der Waals surface area (Å²) in [7, 11) is 1.42. The van der Waals surface area contributed by atoms with E-state index >= 15 is 0 Å². The van der Waals surface area contributed by atoms with Crippen molar-refractivity contribution in [1.29, 1.82) is 0 Å². The number of fused-ring (bicyclic) bond motifs is 2. The molecule has 10 nitrogen and oxygen atoms in total. The Morgan fingerprint density at radius 1 is 1.15 bits per heavy atom. The van der Waals surface area contributed by atoms with E-state index in [1.165, 1.54) is 16.8 Å². The number of rotatable bonds is 9. The monoisotopic (exact) mass is 655 g/mol. The van der Waals surface area contributed by atoms with Crippen molar-refractivity contribution in [1.82, 2.24) is 15.1 Å². The molecule has 2 aliphatic heterocycles. The van der Waals surface area contributed by atoms with Crippen LogP contribution in [0.5, 0.6) is 0 Å². The molecule has 2 heterocycles. The summed E-state index contributed by atoms with van der Waals surface area (Å²) < 4.78 is 47.5. The molecule has 1 spiro atoms. The van der Waals surface area contributed by atoms with E-state index in [-0.39, 0.29) is 43.2 Å². The molecular formula is C34H40F3N5O5. The predicted octanol–water partition coefficient (Wildman–Crippen LogP) is 5.17. The highest BCUT2D eigenvalue weighted by Crippen LogP contribution is 2.47.